The first-order valence-electron chi connectivity index (χ1n) is 10.6. The summed E-state index contributed by atoms with van der Waals surface area (Å²) in [5, 5.41) is 2.82. The van der Waals surface area contributed by atoms with Gasteiger partial charge in [0.25, 0.3) is 10.0 Å². The molecule has 0 aliphatic carbocycles. The number of nitrogens with zero attached hydrogens (tertiary/aromatic N) is 3. The number of benzene rings is 2. The molecule has 1 amide bonds. The van der Waals surface area contributed by atoms with Crippen LogP contribution in [-0.2, 0) is 21.4 Å². The van der Waals surface area contributed by atoms with Crippen molar-refractivity contribution >= 4 is 33.4 Å². The van der Waals surface area contributed by atoms with E-state index in [0.717, 1.165) is 9.20 Å². The van der Waals surface area contributed by atoms with Crippen molar-refractivity contribution in [3.05, 3.63) is 67.3 Å². The fourth-order valence-electron chi connectivity index (χ4n) is 3.21. The van der Waals surface area contributed by atoms with Gasteiger partial charge in [-0.2, -0.15) is 0 Å². The van der Waals surface area contributed by atoms with Crippen LogP contribution in [0.5, 0.6) is 5.75 Å². The molecule has 8 nitrogen and oxygen atoms in total. The number of ether oxygens (including phenoxy) is 1. The van der Waals surface area contributed by atoms with Crippen molar-refractivity contribution in [3.63, 3.8) is 0 Å². The summed E-state index contributed by atoms with van der Waals surface area (Å²) < 4.78 is 35.8. The third-order valence-electron chi connectivity index (χ3n) is 4.84. The highest BCUT2D eigenvalue weighted by Gasteiger charge is 2.29. The monoisotopic (exact) mass is 488 g/mol. The lowest BCUT2D eigenvalue weighted by Gasteiger charge is -2.26. The molecule has 3 rings (SSSR count). The third kappa shape index (κ3) is 6.52. The lowest BCUT2D eigenvalue weighted by atomic mass is 10.3. The number of nitrogens with one attached hydrogen (secondary N) is 1. The average Bonchev–Trinajstić information content (AvgIpc) is 3.35. The number of aryl methyl sites for hydroxylation is 1. The Kier molecular flexibility index (Phi) is 8.79. The molecular formula is C23H28N4O4S2. The van der Waals surface area contributed by atoms with E-state index in [1.54, 1.807) is 61.1 Å². The number of para-hydroxylation sites is 2. The van der Waals surface area contributed by atoms with Crippen LogP contribution < -0.4 is 14.4 Å². The average molecular weight is 489 g/mol. The second kappa shape index (κ2) is 11.8. The molecule has 33 heavy (non-hydrogen) atoms. The lowest BCUT2D eigenvalue weighted by molar-refractivity contribution is -0.119. The van der Waals surface area contributed by atoms with E-state index in [2.05, 4.69) is 10.3 Å². The molecule has 176 valence electrons. The molecule has 3 aromatic rings. The van der Waals surface area contributed by atoms with Crippen LogP contribution in [0.15, 0.2) is 77.0 Å². The summed E-state index contributed by atoms with van der Waals surface area (Å²) in [7, 11) is -4.01. The molecule has 0 atom stereocenters. The number of carbonyl (C=O) groups is 1. The number of imidazole rings is 1. The molecule has 0 spiro atoms. The first-order valence-corrected chi connectivity index (χ1v) is 13.2. The van der Waals surface area contributed by atoms with Crippen molar-refractivity contribution in [2.24, 2.45) is 0 Å². The summed E-state index contributed by atoms with van der Waals surface area (Å²) >= 11 is 1.52. The summed E-state index contributed by atoms with van der Waals surface area (Å²) in [5.74, 6) is 0.00783. The molecule has 0 aliphatic rings. The Balaban J connectivity index is 1.81. The zero-order valence-electron chi connectivity index (χ0n) is 18.7. The van der Waals surface area contributed by atoms with E-state index in [4.69, 9.17) is 4.74 Å². The number of carbonyl (C=O) groups excluding carboxylic acids is 1. The van der Waals surface area contributed by atoms with Gasteiger partial charge in [-0.05, 0) is 56.0 Å². The van der Waals surface area contributed by atoms with Crippen molar-refractivity contribution in [2.75, 3.05) is 30.3 Å². The van der Waals surface area contributed by atoms with Crippen LogP contribution in [0.1, 0.15) is 13.3 Å². The topological polar surface area (TPSA) is 93.5 Å². The third-order valence-corrected chi connectivity index (χ3v) is 7.36. The van der Waals surface area contributed by atoms with Gasteiger partial charge in [0, 0.05) is 30.4 Å². The van der Waals surface area contributed by atoms with Crippen LogP contribution in [0.4, 0.5) is 5.69 Å². The van der Waals surface area contributed by atoms with Crippen molar-refractivity contribution in [2.45, 2.75) is 29.7 Å². The first kappa shape index (κ1) is 24.7. The van der Waals surface area contributed by atoms with E-state index >= 15 is 0 Å². The van der Waals surface area contributed by atoms with E-state index < -0.39 is 15.9 Å². The fourth-order valence-corrected chi connectivity index (χ4v) is 5.05. The predicted molar refractivity (Wildman–Crippen MR) is 130 cm³/mol. The van der Waals surface area contributed by atoms with Gasteiger partial charge in [-0.15, -0.1) is 11.8 Å². The highest BCUT2D eigenvalue weighted by molar-refractivity contribution is 7.98. The van der Waals surface area contributed by atoms with Crippen LogP contribution in [0.3, 0.4) is 0 Å². The molecule has 1 heterocycles. The number of thioether (sulfide) groups is 1. The summed E-state index contributed by atoms with van der Waals surface area (Å²) in [5.41, 5.74) is 0.321. The normalized spacial score (nSPS) is 11.2. The van der Waals surface area contributed by atoms with E-state index in [9.17, 15) is 13.2 Å². The quantitative estimate of drug-likeness (QED) is 0.310. The van der Waals surface area contributed by atoms with E-state index in [-0.39, 0.29) is 11.4 Å². The molecule has 1 aromatic heterocycles. The van der Waals surface area contributed by atoms with E-state index in [1.807, 2.05) is 23.9 Å². The van der Waals surface area contributed by atoms with Gasteiger partial charge in [0.1, 0.15) is 12.3 Å². The van der Waals surface area contributed by atoms with E-state index in [0.29, 0.717) is 37.6 Å². The lowest BCUT2D eigenvalue weighted by Crippen LogP contribution is -2.41. The van der Waals surface area contributed by atoms with Gasteiger partial charge in [-0.1, -0.05) is 12.1 Å². The standard InChI is InChI=1S/C23H28N4O4S2/c1-3-31-22-8-5-4-7-21(22)27(33(29,30)20-11-9-19(32-2)10-12-20)17-23(28)25-13-6-15-26-16-14-24-18-26/h4-5,7-12,14,16,18H,3,6,13,15,17H2,1-2H3,(H,25,28). The summed E-state index contributed by atoms with van der Waals surface area (Å²) in [4.78, 5) is 17.8. The molecule has 0 fully saturated rings. The van der Waals surface area contributed by atoms with Crippen LogP contribution in [-0.4, -0.2) is 49.8 Å². The maximum absolute atomic E-state index is 13.6. The SMILES string of the molecule is CCOc1ccccc1N(CC(=O)NCCCn1ccnc1)S(=O)(=O)c1ccc(SC)cc1. The summed E-state index contributed by atoms with van der Waals surface area (Å²) in [6.45, 7) is 2.96. The van der Waals surface area contributed by atoms with Crippen LogP contribution in [0, 0.1) is 0 Å². The van der Waals surface area contributed by atoms with Crippen molar-refractivity contribution in [1.82, 2.24) is 14.9 Å². The molecular weight excluding hydrogens is 460 g/mol. The van der Waals surface area contributed by atoms with Crippen LogP contribution in [0.25, 0.3) is 0 Å². The number of anilines is 1. The Morgan fingerprint density at radius 3 is 2.61 bits per heavy atom. The molecule has 0 unspecified atom stereocenters. The number of aromatic nitrogens is 2. The van der Waals surface area contributed by atoms with Crippen molar-refractivity contribution in [1.29, 1.82) is 0 Å². The molecule has 1 N–H and O–H groups in total. The molecule has 0 aliphatic heterocycles. The number of rotatable bonds is 12. The Bertz CT molecular complexity index is 1130. The Labute approximate surface area is 199 Å². The van der Waals surface area contributed by atoms with Gasteiger partial charge < -0.3 is 14.6 Å². The second-order valence-electron chi connectivity index (χ2n) is 7.09. The number of sulfonamides is 1. The van der Waals surface area contributed by atoms with Crippen LogP contribution >= 0.6 is 11.8 Å². The predicted octanol–water partition coefficient (Wildman–Crippen LogP) is 3.41. The van der Waals surface area contributed by atoms with Gasteiger partial charge in [0.2, 0.25) is 5.91 Å². The molecule has 2 aromatic carbocycles. The van der Waals surface area contributed by atoms with Gasteiger partial charge >= 0.3 is 0 Å². The van der Waals surface area contributed by atoms with Gasteiger partial charge in [-0.25, -0.2) is 13.4 Å². The smallest absolute Gasteiger partial charge is 0.264 e. The van der Waals surface area contributed by atoms with Gasteiger partial charge in [-0.3, -0.25) is 9.10 Å². The number of amides is 1. The van der Waals surface area contributed by atoms with Gasteiger partial charge in [0.15, 0.2) is 0 Å². The largest absolute Gasteiger partial charge is 0.492 e. The zero-order valence-corrected chi connectivity index (χ0v) is 20.3. The van der Waals surface area contributed by atoms with Gasteiger partial charge in [0.05, 0.1) is 23.5 Å². The molecule has 0 saturated heterocycles. The van der Waals surface area contributed by atoms with E-state index in [1.165, 1.54) is 11.8 Å². The molecule has 0 radical (unpaired) electrons. The Morgan fingerprint density at radius 2 is 1.94 bits per heavy atom. The summed E-state index contributed by atoms with van der Waals surface area (Å²) in [6, 6.07) is 13.4. The fraction of sp³-hybridized carbons (Fsp3) is 0.304. The first-order chi connectivity index (χ1) is 16.0. The summed E-state index contributed by atoms with van der Waals surface area (Å²) in [6.07, 6.45) is 7.88. The number of hydrogen-bond donors (Lipinski definition) is 1. The number of hydrogen-bond acceptors (Lipinski definition) is 6. The minimum absolute atomic E-state index is 0.111. The Hall–Kier alpha value is -2.98. The zero-order chi connectivity index (χ0) is 23.7. The van der Waals surface area contributed by atoms with Crippen LogP contribution in [0.2, 0.25) is 0 Å². The van der Waals surface area contributed by atoms with Crippen molar-refractivity contribution in [3.8, 4) is 5.75 Å². The maximum Gasteiger partial charge on any atom is 0.264 e. The minimum atomic E-state index is -4.01. The highest BCUT2D eigenvalue weighted by atomic mass is 32.2. The molecule has 0 saturated carbocycles. The highest BCUT2D eigenvalue weighted by Crippen LogP contribution is 2.32. The molecule has 0 bridgehead atoms. The molecule has 10 heteroatoms. The second-order valence-corrected chi connectivity index (χ2v) is 9.83. The maximum atomic E-state index is 13.6. The Morgan fingerprint density at radius 1 is 1.18 bits per heavy atom. The van der Waals surface area contributed by atoms with Crippen molar-refractivity contribution < 1.29 is 17.9 Å². The minimum Gasteiger partial charge on any atom is -0.492 e.